The number of benzene rings is 3. The molecule has 2 nitrogen and oxygen atoms in total. The van der Waals surface area contributed by atoms with E-state index >= 15 is 8.78 Å². The smallest absolute Gasteiger partial charge is 0.141 e. The number of hydrogen-bond acceptors (Lipinski definition) is 1. The predicted molar refractivity (Wildman–Crippen MR) is 148 cm³/mol. The van der Waals surface area contributed by atoms with Gasteiger partial charge in [0.1, 0.15) is 23.6 Å². The van der Waals surface area contributed by atoms with Crippen LogP contribution in [0.4, 0.5) is 17.6 Å². The van der Waals surface area contributed by atoms with Crippen molar-refractivity contribution in [2.24, 2.45) is 5.92 Å². The van der Waals surface area contributed by atoms with E-state index in [0.29, 0.717) is 35.3 Å². The number of allylic oxidation sites excluding steroid dienone is 1. The van der Waals surface area contributed by atoms with Crippen LogP contribution in [0.1, 0.15) is 69.2 Å². The van der Waals surface area contributed by atoms with E-state index in [4.69, 9.17) is 0 Å². The summed E-state index contributed by atoms with van der Waals surface area (Å²) in [5, 5.41) is 0. The van der Waals surface area contributed by atoms with Crippen LogP contribution in [0.5, 0.6) is 0 Å². The second kappa shape index (κ2) is 12.0. The number of H-pyrrole nitrogens is 1. The van der Waals surface area contributed by atoms with E-state index in [2.05, 4.69) is 23.5 Å². The Morgan fingerprint density at radius 2 is 1.58 bits per heavy atom. The lowest BCUT2D eigenvalue weighted by Gasteiger charge is -2.29. The lowest BCUT2D eigenvalue weighted by molar-refractivity contribution is 0.324. The van der Waals surface area contributed by atoms with Gasteiger partial charge in [0.05, 0.1) is 23.8 Å². The van der Waals surface area contributed by atoms with Gasteiger partial charge in [-0.1, -0.05) is 35.9 Å². The van der Waals surface area contributed by atoms with Crippen LogP contribution in [0.3, 0.4) is 0 Å². The molecule has 1 atom stereocenters. The molecule has 3 aromatic carbocycles. The molecule has 1 aromatic heterocycles. The molecule has 1 unspecified atom stereocenters. The highest BCUT2D eigenvalue weighted by Crippen LogP contribution is 2.39. The standard InChI is InChI=1S/C31H31F3N2.CH3F/c1-18(2)14-20-4-6-21(7-5-20)22-8-10-23(11-9-22)25-16-28(34)26(17-27(25)33)31-35-29-13-12-24(19(3)32)15-30(29)36-31;1-2/h8-13,15-17,19-21H,1,4-7,14H2,2-3H3,(H,35,36);1H3. The first-order chi connectivity index (χ1) is 18.3. The van der Waals surface area contributed by atoms with Gasteiger partial charge in [-0.15, -0.1) is 6.58 Å². The Balaban J connectivity index is 0.00000164. The first kappa shape index (κ1) is 27.6. The summed E-state index contributed by atoms with van der Waals surface area (Å²) in [5.41, 5.74) is 5.08. The highest BCUT2D eigenvalue weighted by atomic mass is 19.1. The summed E-state index contributed by atoms with van der Waals surface area (Å²) in [6.45, 7) is 7.59. The average molecular weight is 523 g/mol. The number of nitrogens with one attached hydrogen (secondary N) is 1. The number of halogens is 4. The summed E-state index contributed by atoms with van der Waals surface area (Å²) in [5.74, 6) is 0.379. The van der Waals surface area contributed by atoms with Gasteiger partial charge in [0.15, 0.2) is 0 Å². The highest BCUT2D eigenvalue weighted by Gasteiger charge is 2.23. The monoisotopic (exact) mass is 522 g/mol. The minimum atomic E-state index is -1.13. The molecule has 1 heterocycles. The summed E-state index contributed by atoms with van der Waals surface area (Å²) in [6, 6.07) is 15.2. The predicted octanol–water partition coefficient (Wildman–Crippen LogP) is 10.0. The van der Waals surface area contributed by atoms with E-state index in [1.807, 2.05) is 24.3 Å². The molecule has 5 rings (SSSR count). The number of aromatic nitrogens is 2. The summed E-state index contributed by atoms with van der Waals surface area (Å²) >= 11 is 0. The van der Waals surface area contributed by atoms with Crippen molar-refractivity contribution in [1.29, 1.82) is 0 Å². The first-order valence-corrected chi connectivity index (χ1v) is 13.0. The third-order valence-corrected chi connectivity index (χ3v) is 7.45. The van der Waals surface area contributed by atoms with E-state index in [0.717, 1.165) is 25.2 Å². The van der Waals surface area contributed by atoms with E-state index in [1.54, 1.807) is 18.2 Å². The third-order valence-electron chi connectivity index (χ3n) is 7.45. The van der Waals surface area contributed by atoms with Gasteiger partial charge >= 0.3 is 0 Å². The quantitative estimate of drug-likeness (QED) is 0.198. The molecule has 1 aliphatic carbocycles. The topological polar surface area (TPSA) is 28.7 Å². The molecule has 200 valence electrons. The lowest BCUT2D eigenvalue weighted by Crippen LogP contribution is -2.13. The van der Waals surface area contributed by atoms with Gasteiger partial charge in [0, 0.05) is 5.56 Å². The Labute approximate surface area is 221 Å². The van der Waals surface area contributed by atoms with Gasteiger partial charge in [-0.05, 0) is 98.7 Å². The van der Waals surface area contributed by atoms with Gasteiger partial charge in [0.25, 0.3) is 0 Å². The van der Waals surface area contributed by atoms with Crippen molar-refractivity contribution in [1.82, 2.24) is 9.97 Å². The summed E-state index contributed by atoms with van der Waals surface area (Å²) in [7, 11) is 0.500. The van der Waals surface area contributed by atoms with Crippen LogP contribution in [-0.4, -0.2) is 17.1 Å². The van der Waals surface area contributed by atoms with E-state index in [-0.39, 0.29) is 17.0 Å². The third kappa shape index (κ3) is 6.01. The van der Waals surface area contributed by atoms with Crippen LogP contribution in [0.2, 0.25) is 0 Å². The van der Waals surface area contributed by atoms with Crippen molar-refractivity contribution in [2.45, 2.75) is 58.0 Å². The van der Waals surface area contributed by atoms with E-state index < -0.39 is 17.8 Å². The Hall–Kier alpha value is -3.41. The van der Waals surface area contributed by atoms with Crippen molar-refractivity contribution >= 4 is 11.0 Å². The Bertz CT molecular complexity index is 1400. The number of hydrogen-bond donors (Lipinski definition) is 1. The second-order valence-corrected chi connectivity index (χ2v) is 10.3. The highest BCUT2D eigenvalue weighted by molar-refractivity contribution is 5.81. The Morgan fingerprint density at radius 1 is 0.947 bits per heavy atom. The maximum atomic E-state index is 15.2. The van der Waals surface area contributed by atoms with Crippen LogP contribution in [0.25, 0.3) is 33.5 Å². The zero-order valence-electron chi connectivity index (χ0n) is 22.1. The molecular weight excluding hydrogens is 488 g/mol. The zero-order chi connectivity index (χ0) is 27.4. The summed E-state index contributed by atoms with van der Waals surface area (Å²) in [6.07, 6.45) is 4.69. The Kier molecular flexibility index (Phi) is 8.70. The maximum Gasteiger partial charge on any atom is 0.141 e. The molecule has 0 aliphatic heterocycles. The molecule has 1 aliphatic rings. The number of fused-ring (bicyclic) bond motifs is 1. The number of alkyl halides is 2. The summed E-state index contributed by atoms with van der Waals surface area (Å²) < 4.78 is 53.5. The van der Waals surface area contributed by atoms with Crippen molar-refractivity contribution < 1.29 is 17.6 Å². The van der Waals surface area contributed by atoms with Crippen molar-refractivity contribution in [3.63, 3.8) is 0 Å². The molecule has 0 amide bonds. The van der Waals surface area contributed by atoms with Crippen molar-refractivity contribution in [3.05, 3.63) is 89.5 Å². The molecular formula is C32H34F4N2. The van der Waals surface area contributed by atoms with Crippen molar-refractivity contribution in [2.75, 3.05) is 7.18 Å². The molecule has 0 spiro atoms. The number of imidazole rings is 1. The fourth-order valence-electron chi connectivity index (χ4n) is 5.48. The molecule has 1 saturated carbocycles. The van der Waals surface area contributed by atoms with Crippen molar-refractivity contribution in [3.8, 4) is 22.5 Å². The van der Waals surface area contributed by atoms with Gasteiger partial charge < -0.3 is 4.98 Å². The molecule has 0 saturated heterocycles. The number of rotatable bonds is 6. The molecule has 38 heavy (non-hydrogen) atoms. The van der Waals surface area contributed by atoms with Crippen LogP contribution < -0.4 is 0 Å². The molecule has 1 N–H and O–H groups in total. The lowest BCUT2D eigenvalue weighted by atomic mass is 9.76. The second-order valence-electron chi connectivity index (χ2n) is 10.3. The minimum absolute atomic E-state index is 0.0467. The first-order valence-electron chi connectivity index (χ1n) is 13.0. The maximum absolute atomic E-state index is 15.2. The minimum Gasteiger partial charge on any atom is -0.338 e. The molecule has 6 heteroatoms. The molecule has 0 bridgehead atoms. The summed E-state index contributed by atoms with van der Waals surface area (Å²) in [4.78, 5) is 7.38. The molecule has 1 fully saturated rings. The fourth-order valence-corrected chi connectivity index (χ4v) is 5.48. The number of aromatic amines is 1. The van der Waals surface area contributed by atoms with Gasteiger partial charge in [-0.2, -0.15) is 0 Å². The molecule has 4 aromatic rings. The van der Waals surface area contributed by atoms with E-state index in [9.17, 15) is 8.78 Å². The van der Waals surface area contributed by atoms with Gasteiger partial charge in [-0.25, -0.2) is 18.2 Å². The fraction of sp³-hybridized carbons (Fsp3) is 0.344. The number of nitrogens with zero attached hydrogens (tertiary/aromatic N) is 1. The molecule has 0 radical (unpaired) electrons. The van der Waals surface area contributed by atoms with Crippen LogP contribution in [0, 0.1) is 17.6 Å². The average Bonchev–Trinajstić information content (AvgIpc) is 3.34. The largest absolute Gasteiger partial charge is 0.338 e. The van der Waals surface area contributed by atoms with Gasteiger partial charge in [0.2, 0.25) is 0 Å². The van der Waals surface area contributed by atoms with Crippen LogP contribution in [0.15, 0.2) is 66.7 Å². The Morgan fingerprint density at radius 3 is 2.21 bits per heavy atom. The normalized spacial score (nSPS) is 18.1. The zero-order valence-corrected chi connectivity index (χ0v) is 22.1. The van der Waals surface area contributed by atoms with Crippen LogP contribution in [-0.2, 0) is 0 Å². The van der Waals surface area contributed by atoms with Crippen LogP contribution >= 0.6 is 0 Å². The van der Waals surface area contributed by atoms with E-state index in [1.165, 1.54) is 43.0 Å². The SMILES string of the molecule is C=C(C)CC1CCC(c2ccc(-c3cc(F)c(-c4nc5ccc(C(C)F)cc5[nH]4)cc3F)cc2)CC1.CF. The van der Waals surface area contributed by atoms with Gasteiger partial charge in [-0.3, -0.25) is 4.39 Å².